The van der Waals surface area contributed by atoms with E-state index >= 15 is 0 Å². The van der Waals surface area contributed by atoms with Gasteiger partial charge in [-0.3, -0.25) is 0 Å². The molecule has 2 heteroatoms. The summed E-state index contributed by atoms with van der Waals surface area (Å²) in [7, 11) is 0. The average Bonchev–Trinajstić information content (AvgIpc) is 3.34. The number of nitrogens with one attached hydrogen (secondary N) is 2. The zero-order valence-corrected chi connectivity index (χ0v) is 11.4. The topological polar surface area (TPSA) is 27.8 Å². The van der Waals surface area contributed by atoms with Crippen molar-refractivity contribution in [3.05, 3.63) is 36.0 Å². The molecule has 0 aliphatic heterocycles. The van der Waals surface area contributed by atoms with Crippen LogP contribution in [0, 0.1) is 17.8 Å². The van der Waals surface area contributed by atoms with E-state index in [9.17, 15) is 0 Å². The van der Waals surface area contributed by atoms with Crippen molar-refractivity contribution in [2.24, 2.45) is 17.8 Å². The van der Waals surface area contributed by atoms with Crippen LogP contribution in [-0.4, -0.2) is 11.5 Å². The van der Waals surface area contributed by atoms with Gasteiger partial charge in [0.15, 0.2) is 0 Å². The molecule has 2 aliphatic rings. The maximum atomic E-state index is 3.70. The fourth-order valence-electron chi connectivity index (χ4n) is 3.42. The van der Waals surface area contributed by atoms with Gasteiger partial charge in [-0.05, 0) is 61.6 Å². The van der Waals surface area contributed by atoms with Crippen molar-refractivity contribution < 1.29 is 0 Å². The van der Waals surface area contributed by atoms with Crippen LogP contribution in [0.3, 0.4) is 0 Å². The lowest BCUT2D eigenvalue weighted by molar-refractivity contribution is 0.379. The first-order valence-electron chi connectivity index (χ1n) is 7.67. The zero-order valence-electron chi connectivity index (χ0n) is 11.4. The van der Waals surface area contributed by atoms with Gasteiger partial charge in [0.25, 0.3) is 0 Å². The second-order valence-electron chi connectivity index (χ2n) is 6.33. The average molecular weight is 254 g/mol. The number of aromatic amines is 1. The molecule has 19 heavy (non-hydrogen) atoms. The van der Waals surface area contributed by atoms with Crippen molar-refractivity contribution in [1.29, 1.82) is 0 Å². The molecule has 2 saturated carbocycles. The van der Waals surface area contributed by atoms with Crippen LogP contribution in [0.5, 0.6) is 0 Å². The first-order valence-corrected chi connectivity index (χ1v) is 7.67. The highest BCUT2D eigenvalue weighted by atomic mass is 14.9. The van der Waals surface area contributed by atoms with Crippen LogP contribution >= 0.6 is 0 Å². The maximum Gasteiger partial charge on any atom is 0.0457 e. The Labute approximate surface area is 114 Å². The molecule has 2 fully saturated rings. The second-order valence-corrected chi connectivity index (χ2v) is 6.33. The second kappa shape index (κ2) is 4.68. The number of H-pyrrole nitrogens is 1. The van der Waals surface area contributed by atoms with Gasteiger partial charge < -0.3 is 10.3 Å². The Bertz CT molecular complexity index is 551. The number of rotatable bonds is 6. The third-order valence-corrected chi connectivity index (χ3v) is 4.83. The van der Waals surface area contributed by atoms with Gasteiger partial charge in [0.05, 0.1) is 0 Å². The fourth-order valence-corrected chi connectivity index (χ4v) is 3.42. The summed E-state index contributed by atoms with van der Waals surface area (Å²) in [5.41, 5.74) is 2.65. The summed E-state index contributed by atoms with van der Waals surface area (Å²) in [5, 5.41) is 5.07. The highest BCUT2D eigenvalue weighted by molar-refractivity contribution is 5.82. The number of fused-ring (bicyclic) bond motifs is 1. The Morgan fingerprint density at radius 3 is 2.58 bits per heavy atom. The maximum absolute atomic E-state index is 3.70. The molecule has 1 aromatic heterocycles. The number of aromatic nitrogens is 1. The summed E-state index contributed by atoms with van der Waals surface area (Å²) in [6.07, 6.45) is 8.08. The molecule has 0 radical (unpaired) electrons. The lowest BCUT2D eigenvalue weighted by Crippen LogP contribution is -2.25. The van der Waals surface area contributed by atoms with E-state index in [1.807, 2.05) is 0 Å². The number of para-hydroxylation sites is 1. The standard InChI is InChI=1S/C17H22N2/c1-2-4-17-15(3-1)14(10-19-17)9-18-11-16(12-5-6-12)13-7-8-13/h1-4,10,12-13,16,18-19H,5-9,11H2. The molecule has 2 nitrogen and oxygen atoms in total. The smallest absolute Gasteiger partial charge is 0.0457 e. The van der Waals surface area contributed by atoms with E-state index in [2.05, 4.69) is 40.8 Å². The molecule has 2 aromatic rings. The first kappa shape index (κ1) is 11.5. The van der Waals surface area contributed by atoms with Gasteiger partial charge in [-0.2, -0.15) is 0 Å². The number of hydrogen-bond donors (Lipinski definition) is 2. The molecule has 0 amide bonds. The summed E-state index contributed by atoms with van der Waals surface area (Å²) < 4.78 is 0. The van der Waals surface area contributed by atoms with Gasteiger partial charge in [-0.15, -0.1) is 0 Å². The molecule has 100 valence electrons. The minimum Gasteiger partial charge on any atom is -0.361 e. The van der Waals surface area contributed by atoms with Crippen LogP contribution in [0.1, 0.15) is 31.2 Å². The summed E-state index contributed by atoms with van der Waals surface area (Å²) >= 11 is 0. The van der Waals surface area contributed by atoms with Crippen molar-refractivity contribution >= 4 is 10.9 Å². The third kappa shape index (κ3) is 2.42. The van der Waals surface area contributed by atoms with Gasteiger partial charge in [-0.25, -0.2) is 0 Å². The molecule has 1 heterocycles. The minimum absolute atomic E-state index is 0.963. The Morgan fingerprint density at radius 2 is 1.84 bits per heavy atom. The van der Waals surface area contributed by atoms with Crippen molar-refractivity contribution in [3.63, 3.8) is 0 Å². The van der Waals surface area contributed by atoms with Gasteiger partial charge in [-0.1, -0.05) is 18.2 Å². The Hall–Kier alpha value is -1.28. The van der Waals surface area contributed by atoms with Crippen LogP contribution in [0.4, 0.5) is 0 Å². The van der Waals surface area contributed by atoms with E-state index in [1.165, 1.54) is 48.7 Å². The van der Waals surface area contributed by atoms with Crippen molar-refractivity contribution in [3.8, 4) is 0 Å². The molecule has 0 spiro atoms. The molecule has 1 aromatic carbocycles. The van der Waals surface area contributed by atoms with E-state index in [-0.39, 0.29) is 0 Å². The highest BCUT2D eigenvalue weighted by Crippen LogP contribution is 2.48. The molecular weight excluding hydrogens is 232 g/mol. The van der Waals surface area contributed by atoms with E-state index < -0.39 is 0 Å². The fraction of sp³-hybridized carbons (Fsp3) is 0.529. The molecular formula is C17H22N2. The first-order chi connectivity index (χ1) is 9.42. The van der Waals surface area contributed by atoms with Gasteiger partial charge in [0.2, 0.25) is 0 Å². The zero-order chi connectivity index (χ0) is 12.7. The highest BCUT2D eigenvalue weighted by Gasteiger charge is 2.40. The Balaban J connectivity index is 1.39. The molecule has 4 rings (SSSR count). The lowest BCUT2D eigenvalue weighted by Gasteiger charge is -2.16. The van der Waals surface area contributed by atoms with Gasteiger partial charge >= 0.3 is 0 Å². The quantitative estimate of drug-likeness (QED) is 0.808. The molecule has 0 saturated heterocycles. The van der Waals surface area contributed by atoms with Crippen LogP contribution in [0.25, 0.3) is 10.9 Å². The van der Waals surface area contributed by atoms with E-state index in [0.29, 0.717) is 0 Å². The number of benzene rings is 1. The van der Waals surface area contributed by atoms with Crippen molar-refractivity contribution in [2.45, 2.75) is 32.2 Å². The van der Waals surface area contributed by atoms with Crippen LogP contribution in [-0.2, 0) is 6.54 Å². The van der Waals surface area contributed by atoms with Crippen LogP contribution < -0.4 is 5.32 Å². The van der Waals surface area contributed by atoms with E-state index in [4.69, 9.17) is 0 Å². The number of hydrogen-bond acceptors (Lipinski definition) is 1. The summed E-state index contributed by atoms with van der Waals surface area (Å²) in [4.78, 5) is 3.36. The summed E-state index contributed by atoms with van der Waals surface area (Å²) in [5.74, 6) is 3.05. The molecule has 0 unspecified atom stereocenters. The van der Waals surface area contributed by atoms with Gasteiger partial charge in [0, 0.05) is 23.6 Å². The van der Waals surface area contributed by atoms with E-state index in [1.54, 1.807) is 0 Å². The third-order valence-electron chi connectivity index (χ3n) is 4.83. The molecule has 0 atom stereocenters. The lowest BCUT2D eigenvalue weighted by atomic mass is 9.98. The predicted molar refractivity (Wildman–Crippen MR) is 78.9 cm³/mol. The SMILES string of the molecule is c1ccc2c(CNCC(C3CC3)C3CC3)c[nH]c2c1. The Kier molecular flexibility index (Phi) is 2.84. The molecule has 0 bridgehead atoms. The minimum atomic E-state index is 0.963. The normalized spacial score (nSPS) is 19.4. The van der Waals surface area contributed by atoms with Crippen LogP contribution in [0.15, 0.2) is 30.5 Å². The van der Waals surface area contributed by atoms with Crippen LogP contribution in [0.2, 0.25) is 0 Å². The molecule has 2 N–H and O–H groups in total. The van der Waals surface area contributed by atoms with E-state index in [0.717, 1.165) is 24.3 Å². The summed E-state index contributed by atoms with van der Waals surface area (Å²) in [6.45, 7) is 2.22. The monoisotopic (exact) mass is 254 g/mol. The van der Waals surface area contributed by atoms with Crippen molar-refractivity contribution in [1.82, 2.24) is 10.3 Å². The largest absolute Gasteiger partial charge is 0.361 e. The van der Waals surface area contributed by atoms with Crippen molar-refractivity contribution in [2.75, 3.05) is 6.54 Å². The predicted octanol–water partition coefficient (Wildman–Crippen LogP) is 3.69. The van der Waals surface area contributed by atoms with Gasteiger partial charge in [0.1, 0.15) is 0 Å². The summed E-state index contributed by atoms with van der Waals surface area (Å²) in [6, 6.07) is 8.57. The molecule has 2 aliphatic carbocycles. The Morgan fingerprint density at radius 1 is 1.11 bits per heavy atom.